The minimum atomic E-state index is 0.696. The van der Waals surface area contributed by atoms with Crippen molar-refractivity contribution in [1.29, 1.82) is 0 Å². The Balaban J connectivity index is 1.13. The van der Waals surface area contributed by atoms with Crippen LogP contribution in [0.25, 0.3) is 21.8 Å². The molecule has 0 saturated carbocycles. The van der Waals surface area contributed by atoms with Gasteiger partial charge in [-0.3, -0.25) is 19.8 Å². The largest absolute Gasteiger partial charge is 0.492 e. The minimum absolute atomic E-state index is 0.696. The van der Waals surface area contributed by atoms with Gasteiger partial charge in [-0.1, -0.05) is 24.3 Å². The van der Waals surface area contributed by atoms with Crippen molar-refractivity contribution in [3.8, 4) is 5.75 Å². The van der Waals surface area contributed by atoms with Crippen LogP contribution >= 0.6 is 0 Å². The molecule has 0 unspecified atom stereocenters. The van der Waals surface area contributed by atoms with Crippen LogP contribution < -0.4 is 4.74 Å². The van der Waals surface area contributed by atoms with Gasteiger partial charge >= 0.3 is 0 Å². The number of aromatic nitrogens is 2. The number of pyridine rings is 2. The first-order chi connectivity index (χ1) is 15.3. The lowest BCUT2D eigenvalue weighted by atomic mass is 10.1. The second-order valence-electron chi connectivity index (χ2n) is 8.23. The maximum absolute atomic E-state index is 6.13. The molecule has 0 atom stereocenters. The quantitative estimate of drug-likeness (QED) is 0.473. The third kappa shape index (κ3) is 4.53. The zero-order chi connectivity index (χ0) is 21.0. The zero-order valence-corrected chi connectivity index (χ0v) is 18.0. The lowest BCUT2D eigenvalue weighted by molar-refractivity contribution is 0.113. The van der Waals surface area contributed by atoms with Crippen molar-refractivity contribution in [2.75, 3.05) is 39.3 Å². The number of rotatable bonds is 6. The fraction of sp³-hybridized carbons (Fsp3) is 0.308. The highest BCUT2D eigenvalue weighted by atomic mass is 16.5. The summed E-state index contributed by atoms with van der Waals surface area (Å²) in [5, 5.41) is 2.35. The topological polar surface area (TPSA) is 41.5 Å². The summed E-state index contributed by atoms with van der Waals surface area (Å²) in [6, 6.07) is 20.9. The molecule has 4 aromatic rings. The Labute approximate surface area is 183 Å². The molecule has 2 aromatic heterocycles. The van der Waals surface area contributed by atoms with Crippen LogP contribution in [-0.2, 0) is 6.54 Å². The molecule has 5 nitrogen and oxygen atoms in total. The van der Waals surface area contributed by atoms with E-state index >= 15 is 0 Å². The van der Waals surface area contributed by atoms with Gasteiger partial charge in [0.1, 0.15) is 12.4 Å². The second kappa shape index (κ2) is 9.00. The lowest BCUT2D eigenvalue weighted by Gasteiger charge is -2.34. The third-order valence-corrected chi connectivity index (χ3v) is 6.09. The molecular formula is C26H28N4O. The van der Waals surface area contributed by atoms with E-state index in [4.69, 9.17) is 4.74 Å². The molecule has 0 amide bonds. The van der Waals surface area contributed by atoms with E-state index in [0.29, 0.717) is 6.61 Å². The molecule has 0 spiro atoms. The van der Waals surface area contributed by atoms with Crippen LogP contribution in [0.4, 0.5) is 0 Å². The Morgan fingerprint density at radius 1 is 0.806 bits per heavy atom. The van der Waals surface area contributed by atoms with Gasteiger partial charge < -0.3 is 4.74 Å². The van der Waals surface area contributed by atoms with E-state index in [0.717, 1.165) is 67.1 Å². The molecule has 31 heavy (non-hydrogen) atoms. The van der Waals surface area contributed by atoms with Crippen molar-refractivity contribution < 1.29 is 4.74 Å². The number of piperazine rings is 1. The van der Waals surface area contributed by atoms with Crippen LogP contribution in [0.1, 0.15) is 11.3 Å². The summed E-state index contributed by atoms with van der Waals surface area (Å²) in [4.78, 5) is 14.1. The van der Waals surface area contributed by atoms with E-state index in [-0.39, 0.29) is 0 Å². The molecule has 5 rings (SSSR count). The van der Waals surface area contributed by atoms with E-state index in [2.05, 4.69) is 50.1 Å². The van der Waals surface area contributed by atoms with Gasteiger partial charge in [-0.2, -0.15) is 0 Å². The predicted octanol–water partition coefficient (Wildman–Crippen LogP) is 4.29. The van der Waals surface area contributed by atoms with E-state index in [9.17, 15) is 0 Å². The Morgan fingerprint density at radius 3 is 2.52 bits per heavy atom. The smallest absolute Gasteiger partial charge is 0.128 e. The maximum atomic E-state index is 6.13. The summed E-state index contributed by atoms with van der Waals surface area (Å²) in [5.41, 5.74) is 4.47. The highest BCUT2D eigenvalue weighted by Crippen LogP contribution is 2.24. The molecular weight excluding hydrogens is 384 g/mol. The molecule has 2 aromatic carbocycles. The standard InChI is InChI=1S/C26H28N4O/c1-20-10-11-23-25(28-20)8-3-9-26(23)31-18-17-29-13-15-30(16-14-29)19-21-5-2-7-24-22(21)6-4-12-27-24/h2-12H,13-19H2,1H3. The fourth-order valence-electron chi connectivity index (χ4n) is 4.36. The molecule has 5 heteroatoms. The van der Waals surface area contributed by atoms with Gasteiger partial charge in [-0.05, 0) is 48.9 Å². The maximum Gasteiger partial charge on any atom is 0.128 e. The molecule has 1 fully saturated rings. The van der Waals surface area contributed by atoms with Gasteiger partial charge in [0.2, 0.25) is 0 Å². The molecule has 0 radical (unpaired) electrons. The molecule has 158 valence electrons. The van der Waals surface area contributed by atoms with E-state index in [1.807, 2.05) is 43.5 Å². The molecule has 1 saturated heterocycles. The molecule has 1 aliphatic rings. The monoisotopic (exact) mass is 412 g/mol. The summed E-state index contributed by atoms with van der Waals surface area (Å²) in [6.07, 6.45) is 1.86. The average molecular weight is 413 g/mol. The summed E-state index contributed by atoms with van der Waals surface area (Å²) in [5.74, 6) is 0.924. The van der Waals surface area contributed by atoms with E-state index < -0.39 is 0 Å². The molecule has 3 heterocycles. The van der Waals surface area contributed by atoms with Crippen LogP contribution in [0.2, 0.25) is 0 Å². The van der Waals surface area contributed by atoms with Crippen molar-refractivity contribution >= 4 is 21.8 Å². The predicted molar refractivity (Wildman–Crippen MR) is 125 cm³/mol. The van der Waals surface area contributed by atoms with E-state index in [1.165, 1.54) is 10.9 Å². The van der Waals surface area contributed by atoms with Crippen molar-refractivity contribution in [2.45, 2.75) is 13.5 Å². The Kier molecular flexibility index (Phi) is 5.78. The van der Waals surface area contributed by atoms with Gasteiger partial charge in [0.25, 0.3) is 0 Å². The number of aryl methyl sites for hydroxylation is 1. The first kappa shape index (κ1) is 19.9. The summed E-state index contributed by atoms with van der Waals surface area (Å²) in [6.45, 7) is 8.94. The fourth-order valence-corrected chi connectivity index (χ4v) is 4.36. The van der Waals surface area contributed by atoms with Crippen LogP contribution in [0.3, 0.4) is 0 Å². The highest BCUT2D eigenvalue weighted by molar-refractivity contribution is 5.85. The van der Waals surface area contributed by atoms with Gasteiger partial charge in [-0.25, -0.2) is 0 Å². The Hall–Kier alpha value is -3.02. The van der Waals surface area contributed by atoms with Crippen LogP contribution in [0.15, 0.2) is 66.9 Å². The van der Waals surface area contributed by atoms with Gasteiger partial charge in [0, 0.05) is 61.9 Å². The van der Waals surface area contributed by atoms with Crippen LogP contribution in [0.5, 0.6) is 5.75 Å². The number of benzene rings is 2. The van der Waals surface area contributed by atoms with Gasteiger partial charge in [-0.15, -0.1) is 0 Å². The summed E-state index contributed by atoms with van der Waals surface area (Å²) < 4.78 is 6.13. The lowest BCUT2D eigenvalue weighted by Crippen LogP contribution is -2.47. The van der Waals surface area contributed by atoms with Crippen LogP contribution in [0, 0.1) is 6.92 Å². The first-order valence-electron chi connectivity index (χ1n) is 11.0. The minimum Gasteiger partial charge on any atom is -0.492 e. The number of hydrogen-bond donors (Lipinski definition) is 0. The molecule has 0 aliphatic carbocycles. The average Bonchev–Trinajstić information content (AvgIpc) is 2.80. The summed E-state index contributed by atoms with van der Waals surface area (Å²) in [7, 11) is 0. The molecule has 0 bridgehead atoms. The first-order valence-corrected chi connectivity index (χ1v) is 11.0. The van der Waals surface area contributed by atoms with Gasteiger partial charge in [0.15, 0.2) is 0 Å². The second-order valence-corrected chi connectivity index (χ2v) is 8.23. The van der Waals surface area contributed by atoms with E-state index in [1.54, 1.807) is 0 Å². The Bertz CT molecular complexity index is 1180. The van der Waals surface area contributed by atoms with Crippen molar-refractivity contribution in [2.24, 2.45) is 0 Å². The molecule has 0 N–H and O–H groups in total. The molecule has 1 aliphatic heterocycles. The van der Waals surface area contributed by atoms with Crippen molar-refractivity contribution in [1.82, 2.24) is 19.8 Å². The normalized spacial score (nSPS) is 15.5. The summed E-state index contributed by atoms with van der Waals surface area (Å²) >= 11 is 0. The third-order valence-electron chi connectivity index (χ3n) is 6.09. The number of fused-ring (bicyclic) bond motifs is 2. The Morgan fingerprint density at radius 2 is 1.61 bits per heavy atom. The number of nitrogens with zero attached hydrogens (tertiary/aromatic N) is 4. The number of ether oxygens (including phenoxy) is 1. The highest BCUT2D eigenvalue weighted by Gasteiger charge is 2.17. The van der Waals surface area contributed by atoms with Crippen molar-refractivity contribution in [3.63, 3.8) is 0 Å². The SMILES string of the molecule is Cc1ccc2c(OCCN3CCN(Cc4cccc5ncccc45)CC3)cccc2n1. The van der Waals surface area contributed by atoms with Crippen LogP contribution in [-0.4, -0.2) is 59.1 Å². The zero-order valence-electron chi connectivity index (χ0n) is 18.0. The number of hydrogen-bond acceptors (Lipinski definition) is 5. The van der Waals surface area contributed by atoms with Crippen molar-refractivity contribution in [3.05, 3.63) is 78.1 Å². The van der Waals surface area contributed by atoms with Gasteiger partial charge in [0.05, 0.1) is 11.0 Å².